The first-order chi connectivity index (χ1) is 9.60. The van der Waals surface area contributed by atoms with Crippen LogP contribution in [0.3, 0.4) is 0 Å². The van der Waals surface area contributed by atoms with Crippen LogP contribution in [-0.4, -0.2) is 4.99 Å². The summed E-state index contributed by atoms with van der Waals surface area (Å²) < 4.78 is 19.4. The molecule has 0 atom stereocenters. The number of aryl methyl sites for hydroxylation is 1. The molecule has 2 aromatic carbocycles. The van der Waals surface area contributed by atoms with Crippen LogP contribution in [0.25, 0.3) is 0 Å². The van der Waals surface area contributed by atoms with E-state index in [1.165, 1.54) is 17.7 Å². The minimum absolute atomic E-state index is 0.160. The third kappa shape index (κ3) is 3.54. The van der Waals surface area contributed by atoms with E-state index in [0.29, 0.717) is 11.3 Å². The van der Waals surface area contributed by atoms with Gasteiger partial charge in [0.2, 0.25) is 0 Å². The fourth-order valence-electron chi connectivity index (χ4n) is 1.88. The minimum atomic E-state index is -0.479. The van der Waals surface area contributed by atoms with Gasteiger partial charge in [-0.25, -0.2) is 4.39 Å². The van der Waals surface area contributed by atoms with Crippen LogP contribution >= 0.6 is 12.2 Å². The average molecular weight is 289 g/mol. The van der Waals surface area contributed by atoms with Crippen LogP contribution in [0.1, 0.15) is 24.5 Å². The van der Waals surface area contributed by atoms with E-state index in [0.717, 1.165) is 12.8 Å². The Kier molecular flexibility index (Phi) is 4.69. The Hall–Kier alpha value is -1.94. The lowest BCUT2D eigenvalue weighted by Gasteiger charge is -2.08. The molecule has 0 unspecified atom stereocenters. The molecule has 0 radical (unpaired) electrons. The van der Waals surface area contributed by atoms with Gasteiger partial charge in [-0.2, -0.15) is 0 Å². The lowest BCUT2D eigenvalue weighted by Crippen LogP contribution is -2.09. The minimum Gasteiger partial charge on any atom is -0.454 e. The first-order valence-corrected chi connectivity index (χ1v) is 6.87. The summed E-state index contributed by atoms with van der Waals surface area (Å²) in [6, 6.07) is 12.1. The van der Waals surface area contributed by atoms with Gasteiger partial charge in [-0.1, -0.05) is 37.7 Å². The molecule has 0 aliphatic heterocycles. The maximum absolute atomic E-state index is 13.9. The van der Waals surface area contributed by atoms with E-state index in [1.54, 1.807) is 6.07 Å². The van der Waals surface area contributed by atoms with Gasteiger partial charge in [0.25, 0.3) is 0 Å². The van der Waals surface area contributed by atoms with E-state index >= 15 is 0 Å². The summed E-state index contributed by atoms with van der Waals surface area (Å²) in [5.41, 5.74) is 7.18. The fourth-order valence-corrected chi connectivity index (χ4v) is 2.00. The molecule has 20 heavy (non-hydrogen) atoms. The zero-order chi connectivity index (χ0) is 14.5. The van der Waals surface area contributed by atoms with Crippen LogP contribution in [0.5, 0.6) is 11.5 Å². The highest BCUT2D eigenvalue weighted by Gasteiger charge is 2.07. The van der Waals surface area contributed by atoms with Gasteiger partial charge >= 0.3 is 0 Å². The van der Waals surface area contributed by atoms with E-state index in [2.05, 4.69) is 6.92 Å². The first kappa shape index (κ1) is 14.5. The van der Waals surface area contributed by atoms with Gasteiger partial charge in [-0.15, -0.1) is 0 Å². The summed E-state index contributed by atoms with van der Waals surface area (Å²) in [6.45, 7) is 2.13. The molecule has 2 nitrogen and oxygen atoms in total. The highest BCUT2D eigenvalue weighted by Crippen LogP contribution is 2.25. The maximum atomic E-state index is 13.9. The third-order valence-electron chi connectivity index (χ3n) is 2.91. The predicted octanol–water partition coefficient (Wildman–Crippen LogP) is 4.20. The van der Waals surface area contributed by atoms with Crippen LogP contribution in [0.15, 0.2) is 42.5 Å². The van der Waals surface area contributed by atoms with Crippen LogP contribution in [0.2, 0.25) is 0 Å². The molecular weight excluding hydrogens is 273 g/mol. The Labute approximate surface area is 123 Å². The quantitative estimate of drug-likeness (QED) is 0.838. The molecule has 0 saturated carbocycles. The normalized spacial score (nSPS) is 10.3. The molecule has 0 spiro atoms. The van der Waals surface area contributed by atoms with Crippen molar-refractivity contribution in [1.29, 1.82) is 0 Å². The van der Waals surface area contributed by atoms with E-state index in [9.17, 15) is 4.39 Å². The molecule has 4 heteroatoms. The summed E-state index contributed by atoms with van der Waals surface area (Å²) in [7, 11) is 0. The zero-order valence-corrected chi connectivity index (χ0v) is 12.0. The number of hydrogen-bond acceptors (Lipinski definition) is 2. The largest absolute Gasteiger partial charge is 0.454 e. The van der Waals surface area contributed by atoms with E-state index in [4.69, 9.17) is 22.7 Å². The van der Waals surface area contributed by atoms with Crippen molar-refractivity contribution in [1.82, 2.24) is 0 Å². The summed E-state index contributed by atoms with van der Waals surface area (Å²) in [5, 5.41) is 0. The van der Waals surface area contributed by atoms with Crippen LogP contribution in [0.4, 0.5) is 4.39 Å². The number of nitrogens with two attached hydrogens (primary N) is 1. The van der Waals surface area contributed by atoms with Crippen molar-refractivity contribution in [3.63, 3.8) is 0 Å². The first-order valence-electron chi connectivity index (χ1n) is 6.46. The van der Waals surface area contributed by atoms with Crippen LogP contribution in [0, 0.1) is 5.82 Å². The highest BCUT2D eigenvalue weighted by atomic mass is 32.1. The maximum Gasteiger partial charge on any atom is 0.166 e. The average Bonchev–Trinajstić information content (AvgIpc) is 2.43. The molecule has 0 aliphatic rings. The van der Waals surface area contributed by atoms with E-state index in [1.807, 2.05) is 24.3 Å². The van der Waals surface area contributed by atoms with Gasteiger partial charge in [-0.05, 0) is 42.3 Å². The van der Waals surface area contributed by atoms with E-state index < -0.39 is 5.82 Å². The number of halogens is 1. The molecule has 0 amide bonds. The van der Waals surface area contributed by atoms with Crippen molar-refractivity contribution in [2.24, 2.45) is 5.73 Å². The summed E-state index contributed by atoms with van der Waals surface area (Å²) in [5.74, 6) is 0.285. The third-order valence-corrected chi connectivity index (χ3v) is 3.14. The molecule has 2 N–H and O–H groups in total. The number of ether oxygens (including phenoxy) is 1. The second kappa shape index (κ2) is 6.48. The second-order valence-corrected chi connectivity index (χ2v) is 4.95. The number of rotatable bonds is 5. The monoisotopic (exact) mass is 289 g/mol. The van der Waals surface area contributed by atoms with Gasteiger partial charge in [0.15, 0.2) is 11.6 Å². The van der Waals surface area contributed by atoms with Crippen molar-refractivity contribution in [3.05, 3.63) is 59.4 Å². The SMILES string of the molecule is CCCc1ccc(Oc2ccc(C(N)=S)cc2F)cc1. The molecule has 2 aromatic rings. The molecule has 0 bridgehead atoms. The highest BCUT2D eigenvalue weighted by molar-refractivity contribution is 7.80. The summed E-state index contributed by atoms with van der Waals surface area (Å²) in [4.78, 5) is 0.166. The van der Waals surface area contributed by atoms with Crippen molar-refractivity contribution < 1.29 is 9.13 Å². The summed E-state index contributed by atoms with van der Waals surface area (Å²) in [6.07, 6.45) is 2.12. The zero-order valence-electron chi connectivity index (χ0n) is 11.2. The Morgan fingerprint density at radius 3 is 2.45 bits per heavy atom. The standard InChI is InChI=1S/C16H16FNOS/c1-2-3-11-4-7-13(8-5-11)19-15-9-6-12(16(18)20)10-14(15)17/h4-10H,2-3H2,1H3,(H2,18,20). The van der Waals surface area contributed by atoms with Crippen molar-refractivity contribution in [2.45, 2.75) is 19.8 Å². The van der Waals surface area contributed by atoms with Crippen molar-refractivity contribution >= 4 is 17.2 Å². The topological polar surface area (TPSA) is 35.2 Å². The summed E-state index contributed by atoms with van der Waals surface area (Å²) >= 11 is 4.80. The molecule has 104 valence electrons. The molecule has 2 rings (SSSR count). The number of hydrogen-bond donors (Lipinski definition) is 1. The Balaban J connectivity index is 2.15. The van der Waals surface area contributed by atoms with Gasteiger partial charge in [-0.3, -0.25) is 0 Å². The Bertz CT molecular complexity index is 610. The van der Waals surface area contributed by atoms with Crippen molar-refractivity contribution in [2.75, 3.05) is 0 Å². The molecule has 0 aromatic heterocycles. The molecular formula is C16H16FNOS. The van der Waals surface area contributed by atoms with E-state index in [-0.39, 0.29) is 10.7 Å². The van der Waals surface area contributed by atoms with Crippen LogP contribution < -0.4 is 10.5 Å². The van der Waals surface area contributed by atoms with Crippen molar-refractivity contribution in [3.8, 4) is 11.5 Å². The van der Waals surface area contributed by atoms with Crippen LogP contribution in [-0.2, 0) is 6.42 Å². The molecule has 0 fully saturated rings. The van der Waals surface area contributed by atoms with Gasteiger partial charge < -0.3 is 10.5 Å². The second-order valence-electron chi connectivity index (χ2n) is 4.51. The smallest absolute Gasteiger partial charge is 0.166 e. The molecule has 0 saturated heterocycles. The number of thiocarbonyl (C=S) groups is 1. The lowest BCUT2D eigenvalue weighted by atomic mass is 10.1. The number of benzene rings is 2. The van der Waals surface area contributed by atoms with Gasteiger partial charge in [0.05, 0.1) is 0 Å². The fraction of sp³-hybridized carbons (Fsp3) is 0.188. The molecule has 0 aliphatic carbocycles. The molecule has 0 heterocycles. The Morgan fingerprint density at radius 1 is 1.20 bits per heavy atom. The lowest BCUT2D eigenvalue weighted by molar-refractivity contribution is 0.442. The Morgan fingerprint density at radius 2 is 1.90 bits per heavy atom. The predicted molar refractivity (Wildman–Crippen MR) is 82.8 cm³/mol. The van der Waals surface area contributed by atoms with Gasteiger partial charge in [0, 0.05) is 5.56 Å². The van der Waals surface area contributed by atoms with Gasteiger partial charge in [0.1, 0.15) is 10.7 Å².